The number of aliphatic hydroxyl groups is 1. The van der Waals surface area contributed by atoms with E-state index >= 15 is 0 Å². The lowest BCUT2D eigenvalue weighted by molar-refractivity contribution is 0.0179. The van der Waals surface area contributed by atoms with Crippen molar-refractivity contribution in [2.75, 3.05) is 65.6 Å². The molecule has 3 N–H and O–H groups in total. The van der Waals surface area contributed by atoms with Crippen LogP contribution in [0.5, 0.6) is 0 Å². The van der Waals surface area contributed by atoms with Crippen LogP contribution in [-0.4, -0.2) is 92.5 Å². The van der Waals surface area contributed by atoms with Crippen molar-refractivity contribution in [2.24, 2.45) is 4.99 Å². The van der Waals surface area contributed by atoms with Gasteiger partial charge in [0.15, 0.2) is 5.96 Å². The molecule has 2 saturated heterocycles. The molecule has 0 bridgehead atoms. The average Bonchev–Trinajstić information content (AvgIpc) is 2.80. The quantitative estimate of drug-likeness (QED) is 0.311. The van der Waals surface area contributed by atoms with Crippen LogP contribution in [0.25, 0.3) is 0 Å². The molecule has 0 aliphatic carbocycles. The molecular formula is C23H38FN5O2. The van der Waals surface area contributed by atoms with Crippen LogP contribution in [-0.2, 0) is 4.74 Å². The standard InChI is InChI=1S/C23H38FN5O2/c1-2-25-23(26-10-3-11-28-12-8-21(30)9-13-28)27-18-22(29-14-16-31-17-15-29)19-4-6-20(24)7-5-19/h4-7,21-22,30H,2-3,8-18H2,1H3,(H2,25,26,27). The molecular weight excluding hydrogens is 397 g/mol. The summed E-state index contributed by atoms with van der Waals surface area (Å²) in [6.45, 7) is 10.4. The lowest BCUT2D eigenvalue weighted by Crippen LogP contribution is -2.42. The Labute approximate surface area is 185 Å². The number of nitrogens with one attached hydrogen (secondary N) is 2. The van der Waals surface area contributed by atoms with Gasteiger partial charge in [-0.3, -0.25) is 9.89 Å². The van der Waals surface area contributed by atoms with Crippen molar-refractivity contribution in [3.63, 3.8) is 0 Å². The molecule has 7 nitrogen and oxygen atoms in total. The molecule has 1 unspecified atom stereocenters. The van der Waals surface area contributed by atoms with Gasteiger partial charge in [-0.2, -0.15) is 0 Å². The summed E-state index contributed by atoms with van der Waals surface area (Å²) in [5.74, 6) is 0.600. The number of hydrogen-bond acceptors (Lipinski definition) is 5. The molecule has 31 heavy (non-hydrogen) atoms. The number of guanidine groups is 1. The van der Waals surface area contributed by atoms with E-state index in [2.05, 4.69) is 27.4 Å². The van der Waals surface area contributed by atoms with E-state index in [0.29, 0.717) is 19.8 Å². The Morgan fingerprint density at radius 3 is 2.55 bits per heavy atom. The summed E-state index contributed by atoms with van der Waals surface area (Å²) in [6, 6.07) is 6.87. The monoisotopic (exact) mass is 435 g/mol. The van der Waals surface area contributed by atoms with Gasteiger partial charge in [0.25, 0.3) is 0 Å². The number of likely N-dealkylation sites (tertiary alicyclic amines) is 1. The molecule has 2 fully saturated rings. The largest absolute Gasteiger partial charge is 0.393 e. The minimum atomic E-state index is -0.216. The van der Waals surface area contributed by atoms with Gasteiger partial charge in [-0.05, 0) is 50.4 Å². The van der Waals surface area contributed by atoms with Crippen LogP contribution in [0, 0.1) is 5.82 Å². The van der Waals surface area contributed by atoms with Gasteiger partial charge in [-0.1, -0.05) is 12.1 Å². The fourth-order valence-corrected chi connectivity index (χ4v) is 4.18. The van der Waals surface area contributed by atoms with Crippen molar-refractivity contribution in [1.82, 2.24) is 20.4 Å². The Kier molecular flexibility index (Phi) is 9.99. The number of rotatable bonds is 9. The Bertz CT molecular complexity index is 658. The summed E-state index contributed by atoms with van der Waals surface area (Å²) in [7, 11) is 0. The predicted octanol–water partition coefficient (Wildman–Crippen LogP) is 1.60. The topological polar surface area (TPSA) is 72.4 Å². The summed E-state index contributed by atoms with van der Waals surface area (Å²) < 4.78 is 18.9. The molecule has 0 amide bonds. The van der Waals surface area contributed by atoms with Gasteiger partial charge in [-0.15, -0.1) is 0 Å². The number of morpholine rings is 1. The van der Waals surface area contributed by atoms with E-state index in [4.69, 9.17) is 9.73 Å². The van der Waals surface area contributed by atoms with E-state index in [0.717, 1.165) is 76.6 Å². The molecule has 2 heterocycles. The maximum atomic E-state index is 13.4. The summed E-state index contributed by atoms with van der Waals surface area (Å²) in [5, 5.41) is 16.4. The highest BCUT2D eigenvalue weighted by atomic mass is 19.1. The lowest BCUT2D eigenvalue weighted by atomic mass is 10.0. The van der Waals surface area contributed by atoms with Crippen LogP contribution in [0.3, 0.4) is 0 Å². The van der Waals surface area contributed by atoms with Crippen LogP contribution in [0.15, 0.2) is 29.3 Å². The zero-order valence-electron chi connectivity index (χ0n) is 18.7. The van der Waals surface area contributed by atoms with Crippen molar-refractivity contribution >= 4 is 5.96 Å². The first kappa shape index (κ1) is 23.9. The Morgan fingerprint density at radius 1 is 1.16 bits per heavy atom. The molecule has 0 aromatic heterocycles. The first-order chi connectivity index (χ1) is 15.2. The molecule has 2 aliphatic heterocycles. The number of benzene rings is 1. The van der Waals surface area contributed by atoms with Crippen LogP contribution < -0.4 is 10.6 Å². The highest BCUT2D eigenvalue weighted by Gasteiger charge is 2.23. The van der Waals surface area contributed by atoms with Gasteiger partial charge in [0.2, 0.25) is 0 Å². The molecule has 1 atom stereocenters. The predicted molar refractivity (Wildman–Crippen MR) is 122 cm³/mol. The summed E-state index contributed by atoms with van der Waals surface area (Å²) in [6.07, 6.45) is 2.67. The normalized spacial score (nSPS) is 20.5. The summed E-state index contributed by atoms with van der Waals surface area (Å²) >= 11 is 0. The van der Waals surface area contributed by atoms with Gasteiger partial charge in [0.05, 0.1) is 31.9 Å². The fourth-order valence-electron chi connectivity index (χ4n) is 4.18. The first-order valence-corrected chi connectivity index (χ1v) is 11.7. The maximum absolute atomic E-state index is 13.4. The lowest BCUT2D eigenvalue weighted by Gasteiger charge is -2.34. The zero-order valence-corrected chi connectivity index (χ0v) is 18.7. The molecule has 3 rings (SSSR count). The minimum Gasteiger partial charge on any atom is -0.393 e. The molecule has 8 heteroatoms. The third kappa shape index (κ3) is 8.03. The number of aliphatic hydroxyl groups excluding tert-OH is 1. The van der Waals surface area contributed by atoms with Gasteiger partial charge in [0, 0.05) is 39.3 Å². The number of nitrogens with zero attached hydrogens (tertiary/aromatic N) is 3. The van der Waals surface area contributed by atoms with E-state index in [1.165, 1.54) is 12.1 Å². The van der Waals surface area contributed by atoms with Crippen molar-refractivity contribution in [3.05, 3.63) is 35.6 Å². The maximum Gasteiger partial charge on any atom is 0.191 e. The Hall–Kier alpha value is -1.74. The van der Waals surface area contributed by atoms with E-state index in [1.807, 2.05) is 12.1 Å². The van der Waals surface area contributed by atoms with Crippen LogP contribution in [0.2, 0.25) is 0 Å². The molecule has 0 radical (unpaired) electrons. The Morgan fingerprint density at radius 2 is 1.87 bits per heavy atom. The van der Waals surface area contributed by atoms with Gasteiger partial charge in [0.1, 0.15) is 5.82 Å². The molecule has 2 aliphatic rings. The van der Waals surface area contributed by atoms with Crippen LogP contribution in [0.4, 0.5) is 4.39 Å². The van der Waals surface area contributed by atoms with Crippen molar-refractivity contribution in [3.8, 4) is 0 Å². The summed E-state index contributed by atoms with van der Waals surface area (Å²) in [4.78, 5) is 9.64. The smallest absolute Gasteiger partial charge is 0.191 e. The molecule has 1 aromatic rings. The van der Waals surface area contributed by atoms with Gasteiger partial charge in [-0.25, -0.2) is 4.39 Å². The van der Waals surface area contributed by atoms with Gasteiger partial charge >= 0.3 is 0 Å². The Balaban J connectivity index is 1.54. The summed E-state index contributed by atoms with van der Waals surface area (Å²) in [5.41, 5.74) is 1.08. The number of piperidine rings is 1. The minimum absolute atomic E-state index is 0.0970. The van der Waals surface area contributed by atoms with Gasteiger partial charge < -0.3 is 25.4 Å². The van der Waals surface area contributed by atoms with Crippen LogP contribution >= 0.6 is 0 Å². The van der Waals surface area contributed by atoms with E-state index in [-0.39, 0.29) is 18.0 Å². The van der Waals surface area contributed by atoms with Crippen LogP contribution in [0.1, 0.15) is 37.8 Å². The molecule has 1 aromatic carbocycles. The third-order valence-corrected chi connectivity index (χ3v) is 6.01. The first-order valence-electron chi connectivity index (χ1n) is 11.7. The second kappa shape index (κ2) is 13.0. The SMILES string of the molecule is CCNC(=NCC(c1ccc(F)cc1)N1CCOCC1)NCCCN1CCC(O)CC1. The zero-order chi connectivity index (χ0) is 21.9. The van der Waals surface area contributed by atoms with E-state index < -0.39 is 0 Å². The highest BCUT2D eigenvalue weighted by Crippen LogP contribution is 2.22. The third-order valence-electron chi connectivity index (χ3n) is 6.01. The number of aliphatic imine (C=N–C) groups is 1. The second-order valence-corrected chi connectivity index (χ2v) is 8.29. The van der Waals surface area contributed by atoms with E-state index in [1.54, 1.807) is 0 Å². The second-order valence-electron chi connectivity index (χ2n) is 8.29. The average molecular weight is 436 g/mol. The molecule has 0 spiro atoms. The fraction of sp³-hybridized carbons (Fsp3) is 0.696. The van der Waals surface area contributed by atoms with E-state index in [9.17, 15) is 9.50 Å². The molecule has 174 valence electrons. The number of hydrogen-bond donors (Lipinski definition) is 3. The number of halogens is 1. The molecule has 0 saturated carbocycles. The number of ether oxygens (including phenoxy) is 1. The van der Waals surface area contributed by atoms with Crippen molar-refractivity contribution in [1.29, 1.82) is 0 Å². The van der Waals surface area contributed by atoms with Crippen molar-refractivity contribution in [2.45, 2.75) is 38.3 Å². The van der Waals surface area contributed by atoms with Crippen molar-refractivity contribution < 1.29 is 14.2 Å². The highest BCUT2D eigenvalue weighted by molar-refractivity contribution is 5.79.